The van der Waals surface area contributed by atoms with E-state index in [-0.39, 0.29) is 6.61 Å². The first-order valence-electron chi connectivity index (χ1n) is 6.78. The lowest BCUT2D eigenvalue weighted by Crippen LogP contribution is -2.51. The van der Waals surface area contributed by atoms with Gasteiger partial charge in [-0.1, -0.05) is 0 Å². The van der Waals surface area contributed by atoms with E-state index in [0.717, 1.165) is 0 Å². The van der Waals surface area contributed by atoms with Crippen LogP contribution < -0.4 is 15.8 Å². The Hall–Kier alpha value is -2.24. The normalized spacial score (nSPS) is 14.8. The third-order valence-electron chi connectivity index (χ3n) is 3.02. The molecule has 0 saturated carbocycles. The number of nitrogens with zero attached hydrogens (tertiary/aromatic N) is 1. The molecule has 1 atom stereocenters. The first kappa shape index (κ1) is 20.8. The van der Waals surface area contributed by atoms with Gasteiger partial charge < -0.3 is 20.9 Å². The number of rotatable bonds is 5. The second-order valence-electron chi connectivity index (χ2n) is 5.16. The molecule has 0 aliphatic carbocycles. The lowest BCUT2D eigenvalue weighted by molar-refractivity contribution is -0.249. The summed E-state index contributed by atoms with van der Waals surface area (Å²) >= 11 is 0. The first-order valence-corrected chi connectivity index (χ1v) is 6.78. The summed E-state index contributed by atoms with van der Waals surface area (Å²) in [4.78, 5) is 15.2. The van der Waals surface area contributed by atoms with Crippen molar-refractivity contribution in [1.29, 1.82) is 0 Å². The van der Waals surface area contributed by atoms with Gasteiger partial charge >= 0.3 is 12.4 Å². The van der Waals surface area contributed by atoms with Crippen LogP contribution in [0, 0.1) is 0 Å². The fourth-order valence-corrected chi connectivity index (χ4v) is 1.58. The summed E-state index contributed by atoms with van der Waals surface area (Å²) in [6.07, 6.45) is -9.89. The third kappa shape index (κ3) is 4.87. The zero-order valence-corrected chi connectivity index (χ0v) is 13.0. The van der Waals surface area contributed by atoms with Crippen molar-refractivity contribution in [3.63, 3.8) is 0 Å². The van der Waals surface area contributed by atoms with E-state index in [1.165, 1.54) is 6.92 Å². The van der Waals surface area contributed by atoms with Gasteiger partial charge in [0.1, 0.15) is 5.56 Å². The number of nitrogens with one attached hydrogen (secondary N) is 1. The van der Waals surface area contributed by atoms with Crippen molar-refractivity contribution < 1.29 is 41.0 Å². The molecule has 0 saturated heterocycles. The van der Waals surface area contributed by atoms with E-state index < -0.39 is 53.2 Å². The Kier molecular flexibility index (Phi) is 5.78. The van der Waals surface area contributed by atoms with Crippen LogP contribution in [0.15, 0.2) is 6.07 Å². The van der Waals surface area contributed by atoms with Crippen molar-refractivity contribution >= 4 is 11.6 Å². The van der Waals surface area contributed by atoms with Gasteiger partial charge in [-0.15, -0.1) is 0 Å². The van der Waals surface area contributed by atoms with Crippen molar-refractivity contribution in [2.75, 3.05) is 18.9 Å². The molecule has 0 fully saturated rings. The molecule has 0 bridgehead atoms. The van der Waals surface area contributed by atoms with E-state index >= 15 is 0 Å². The highest BCUT2D eigenvalue weighted by Gasteiger charge is 2.50. The molecular weight excluding hydrogens is 360 g/mol. The molecular formula is C13H15F6N3O3. The van der Waals surface area contributed by atoms with Crippen molar-refractivity contribution in [2.45, 2.75) is 31.8 Å². The minimum atomic E-state index is -5.03. The molecule has 0 aliphatic heterocycles. The Labute approximate surface area is 138 Å². The van der Waals surface area contributed by atoms with E-state index in [0.29, 0.717) is 13.0 Å². The number of hydrogen-bond donors (Lipinski definition) is 3. The van der Waals surface area contributed by atoms with E-state index in [2.05, 4.69) is 4.98 Å². The molecule has 4 N–H and O–H groups in total. The SMILES string of the molecule is CCOc1nc(C(=O)NC[C@](C)(O)C(F)(F)F)c(N)cc1C(F)(F)F. The Bertz CT molecular complexity index is 643. The Balaban J connectivity index is 3.13. The van der Waals surface area contributed by atoms with Crippen LogP contribution >= 0.6 is 0 Å². The standard InChI is InChI=1S/C13H15F6N3O3/c1-3-25-10-6(12(14,15)16)4-7(20)8(22-10)9(23)21-5-11(2,24)13(17,18)19/h4,24H,3,5,20H2,1-2H3,(H,21,23)/t11-/m0/s1. The van der Waals surface area contributed by atoms with Crippen LogP contribution in [-0.4, -0.2) is 40.9 Å². The molecule has 1 heterocycles. The average molecular weight is 375 g/mol. The maximum absolute atomic E-state index is 12.9. The molecule has 142 valence electrons. The summed E-state index contributed by atoms with van der Waals surface area (Å²) < 4.78 is 81.0. The number of anilines is 1. The zero-order chi connectivity index (χ0) is 19.6. The molecule has 1 aromatic rings. The van der Waals surface area contributed by atoms with Gasteiger partial charge in [-0.25, -0.2) is 4.98 Å². The van der Waals surface area contributed by atoms with Crippen LogP contribution in [-0.2, 0) is 6.18 Å². The van der Waals surface area contributed by atoms with Gasteiger partial charge in [0, 0.05) is 0 Å². The van der Waals surface area contributed by atoms with Crippen molar-refractivity contribution in [2.24, 2.45) is 0 Å². The second kappa shape index (κ2) is 6.94. The number of nitrogens with two attached hydrogens (primary N) is 1. The lowest BCUT2D eigenvalue weighted by Gasteiger charge is -2.26. The smallest absolute Gasteiger partial charge is 0.421 e. The molecule has 0 radical (unpaired) electrons. The van der Waals surface area contributed by atoms with Crippen molar-refractivity contribution in [3.05, 3.63) is 17.3 Å². The zero-order valence-electron chi connectivity index (χ0n) is 13.0. The summed E-state index contributed by atoms with van der Waals surface area (Å²) in [5.41, 5.74) is -0.690. The van der Waals surface area contributed by atoms with Gasteiger partial charge in [0.05, 0.1) is 18.8 Å². The van der Waals surface area contributed by atoms with Crippen LogP contribution in [0.5, 0.6) is 5.88 Å². The highest BCUT2D eigenvalue weighted by molar-refractivity contribution is 5.97. The van der Waals surface area contributed by atoms with E-state index in [9.17, 15) is 36.2 Å². The first-order chi connectivity index (χ1) is 11.2. The molecule has 6 nitrogen and oxygen atoms in total. The topological polar surface area (TPSA) is 97.5 Å². The Morgan fingerprint density at radius 3 is 2.32 bits per heavy atom. The van der Waals surface area contributed by atoms with E-state index in [1.807, 2.05) is 0 Å². The van der Waals surface area contributed by atoms with Crippen LogP contribution in [0.1, 0.15) is 29.9 Å². The number of carbonyl (C=O) groups is 1. The number of carbonyl (C=O) groups excluding carboxylic acids is 1. The van der Waals surface area contributed by atoms with Gasteiger partial charge in [0.2, 0.25) is 5.88 Å². The van der Waals surface area contributed by atoms with Gasteiger partial charge in [-0.05, 0) is 19.9 Å². The second-order valence-corrected chi connectivity index (χ2v) is 5.16. The number of pyridine rings is 1. The maximum atomic E-state index is 12.9. The average Bonchev–Trinajstić information content (AvgIpc) is 2.44. The predicted octanol–water partition coefficient (Wildman–Crippen LogP) is 2.12. The number of halogens is 6. The number of aliphatic hydroxyl groups is 1. The Morgan fingerprint density at radius 2 is 1.88 bits per heavy atom. The highest BCUT2D eigenvalue weighted by atomic mass is 19.4. The Morgan fingerprint density at radius 1 is 1.32 bits per heavy atom. The molecule has 1 aromatic heterocycles. The fraction of sp³-hybridized carbons (Fsp3) is 0.538. The summed E-state index contributed by atoms with van der Waals surface area (Å²) in [7, 11) is 0. The molecule has 0 spiro atoms. The molecule has 0 unspecified atom stereocenters. The van der Waals surface area contributed by atoms with Crippen LogP contribution in [0.25, 0.3) is 0 Å². The monoisotopic (exact) mass is 375 g/mol. The van der Waals surface area contributed by atoms with Crippen LogP contribution in [0.3, 0.4) is 0 Å². The highest BCUT2D eigenvalue weighted by Crippen LogP contribution is 2.37. The fourth-order valence-electron chi connectivity index (χ4n) is 1.58. The largest absolute Gasteiger partial charge is 0.478 e. The molecule has 1 amide bonds. The van der Waals surface area contributed by atoms with Crippen molar-refractivity contribution in [1.82, 2.24) is 10.3 Å². The number of alkyl halides is 6. The van der Waals surface area contributed by atoms with Crippen LogP contribution in [0.4, 0.5) is 32.0 Å². The van der Waals surface area contributed by atoms with Crippen LogP contribution in [0.2, 0.25) is 0 Å². The molecule has 1 rings (SSSR count). The number of amides is 1. The van der Waals surface area contributed by atoms with Gasteiger partial charge in [-0.2, -0.15) is 26.3 Å². The molecule has 12 heteroatoms. The summed E-state index contributed by atoms with van der Waals surface area (Å²) in [5.74, 6) is -2.23. The summed E-state index contributed by atoms with van der Waals surface area (Å²) in [6, 6.07) is 0.398. The number of hydrogen-bond acceptors (Lipinski definition) is 5. The van der Waals surface area contributed by atoms with Gasteiger partial charge in [-0.3, -0.25) is 4.79 Å². The lowest BCUT2D eigenvalue weighted by atomic mass is 10.1. The third-order valence-corrected chi connectivity index (χ3v) is 3.02. The minimum Gasteiger partial charge on any atom is -0.478 e. The molecule has 25 heavy (non-hydrogen) atoms. The number of ether oxygens (including phenoxy) is 1. The number of aromatic nitrogens is 1. The molecule has 0 aromatic carbocycles. The van der Waals surface area contributed by atoms with Gasteiger partial charge in [0.15, 0.2) is 11.3 Å². The number of nitrogen functional groups attached to an aromatic ring is 1. The predicted molar refractivity (Wildman–Crippen MR) is 73.8 cm³/mol. The van der Waals surface area contributed by atoms with E-state index in [4.69, 9.17) is 10.5 Å². The van der Waals surface area contributed by atoms with Crippen molar-refractivity contribution in [3.8, 4) is 5.88 Å². The van der Waals surface area contributed by atoms with Gasteiger partial charge in [0.25, 0.3) is 5.91 Å². The summed E-state index contributed by atoms with van der Waals surface area (Å²) in [5, 5.41) is 11.0. The maximum Gasteiger partial charge on any atom is 0.421 e. The van der Waals surface area contributed by atoms with E-state index in [1.54, 1.807) is 5.32 Å². The quantitative estimate of drug-likeness (QED) is 0.685. The minimum absolute atomic E-state index is 0.205. The summed E-state index contributed by atoms with van der Waals surface area (Å²) in [6.45, 7) is 0.339. The molecule has 0 aliphatic rings.